The predicted molar refractivity (Wildman–Crippen MR) is 347 cm³/mol. The number of allylic oxidation sites excluding steroid dienone is 2. The van der Waals surface area contributed by atoms with Gasteiger partial charge in [-0.3, -0.25) is 14.6 Å². The van der Waals surface area contributed by atoms with Crippen LogP contribution in [0.4, 0.5) is 11.4 Å². The van der Waals surface area contributed by atoms with Crippen molar-refractivity contribution in [2.75, 3.05) is 11.5 Å². The highest BCUT2D eigenvalue weighted by Gasteiger charge is 2.48. The van der Waals surface area contributed by atoms with Crippen molar-refractivity contribution in [3.8, 4) is 18.2 Å². The van der Waals surface area contributed by atoms with Crippen LogP contribution >= 0.6 is 0 Å². The molecule has 10 aliphatic carbocycles. The molecule has 7 saturated carbocycles. The second kappa shape index (κ2) is 22.4. The van der Waals surface area contributed by atoms with Crippen molar-refractivity contribution in [1.29, 1.82) is 15.8 Å². The summed E-state index contributed by atoms with van der Waals surface area (Å²) in [6, 6.07) is 56.9. The first-order valence-electron chi connectivity index (χ1n) is 32.3. The first-order chi connectivity index (χ1) is 42.8. The van der Waals surface area contributed by atoms with Crippen molar-refractivity contribution in [2.45, 2.75) is 144 Å². The summed E-state index contributed by atoms with van der Waals surface area (Å²) in [5.41, 5.74) is 29.1. The minimum atomic E-state index is 0.231. The largest absolute Gasteiger partial charge is 0.398 e. The SMILES string of the molecule is N#CC(C#N)=C1C(c2ccccc2)[C@@H]2CC[C@H]1C2.N#Cc1c2c(c3ccccc3c1N)[C@@H]1CC[C@H]2C1.Nc1c(C=O)c2c(c3ccccc13)[C@@H]1CC[C@H]2C1.O=C1C(c2ccccc2)[C@@H]2CC[C@H]1C2.c1ccc2c(c1)c1c(c3cccnc32)[C@H]2CC[C@@H]1C2. The number of hydrogen-bond donors (Lipinski definition) is 2. The molecule has 10 aliphatic rings. The van der Waals surface area contributed by atoms with Gasteiger partial charge in [-0.25, -0.2) is 0 Å². The number of nitrogens with two attached hydrogens (primary N) is 2. The molecular weight excluding hydrogens is 1060 g/mol. The van der Waals surface area contributed by atoms with Crippen LogP contribution in [-0.2, 0) is 4.79 Å². The van der Waals surface area contributed by atoms with E-state index < -0.39 is 0 Å². The molecule has 0 radical (unpaired) electrons. The van der Waals surface area contributed by atoms with Crippen LogP contribution in [0.25, 0.3) is 43.2 Å². The number of benzene rings is 8. The monoisotopic (exact) mass is 1140 g/mol. The standard InChI is InChI=1S/C18H15N.2C16H14N2.C16H15NO.C13H14O/c1-2-5-14-13(4-1)16-11-7-8-12(10-11)17(16)15-6-3-9-19-18(14)15;17-8-13-15-10-6-5-9(7-10)14(15)11-3-1-2-4-12(11)16(13)18;17-9-14(10-18)16-13-7-6-12(8-13)15(16)11-4-2-1-3-5-11;17-16-12-4-2-1-3-11(12)14-9-5-6-10(7-9)15(14)13(16)8-18;14-13-11-7-6-10(8-11)12(13)9-4-2-1-3-5-9/h1-6,9,11-12H,7-8,10H2;1-4,9-10H,5-7,18H2;1-5,12-13,15H,6-8H2;1-4,8-10H,5-7,17H2;1-5,10-12H,6-8H2/t11-,12+;9-,10+;12-,13+,15?;9-,10+;10-,11+,12?/m11111/s1. The Labute approximate surface area is 509 Å². The number of pyridine rings is 1. The maximum absolute atomic E-state index is 12.0. The van der Waals surface area contributed by atoms with Crippen molar-refractivity contribution in [1.82, 2.24) is 4.98 Å². The topological polar surface area (TPSA) is 170 Å². The van der Waals surface area contributed by atoms with Crippen LogP contribution in [0.3, 0.4) is 0 Å². The number of rotatable bonds is 3. The molecule has 12 atom stereocenters. The zero-order chi connectivity index (χ0) is 59.0. The number of hydrogen-bond acceptors (Lipinski definition) is 8. The summed E-state index contributed by atoms with van der Waals surface area (Å²) < 4.78 is 0. The fourth-order valence-corrected chi connectivity index (χ4v) is 19.4. The van der Waals surface area contributed by atoms with E-state index in [0.717, 1.165) is 71.3 Å². The van der Waals surface area contributed by atoms with E-state index in [1.165, 1.54) is 136 Å². The fraction of sp³-hybridized carbons (Fsp3) is 0.342. The number of carbonyl (C=O) groups is 2. The predicted octanol–water partition coefficient (Wildman–Crippen LogP) is 18.3. The van der Waals surface area contributed by atoms with Crippen LogP contribution in [0.2, 0.25) is 0 Å². The Morgan fingerprint density at radius 1 is 0.425 bits per heavy atom. The smallest absolute Gasteiger partial charge is 0.152 e. The summed E-state index contributed by atoms with van der Waals surface area (Å²) in [5.74, 6) is 7.21. The zero-order valence-corrected chi connectivity index (χ0v) is 49.3. The second-order valence-electron chi connectivity index (χ2n) is 26.8. The summed E-state index contributed by atoms with van der Waals surface area (Å²) in [6.07, 6.45) is 21.5. The number of aldehydes is 1. The average molecular weight is 1140 g/mol. The van der Waals surface area contributed by atoms with E-state index in [-0.39, 0.29) is 5.92 Å². The zero-order valence-electron chi connectivity index (χ0n) is 49.3. The van der Waals surface area contributed by atoms with Crippen LogP contribution in [0, 0.1) is 57.7 Å². The third-order valence-corrected chi connectivity index (χ3v) is 22.8. The van der Waals surface area contributed by atoms with Crippen LogP contribution < -0.4 is 11.5 Å². The lowest BCUT2D eigenvalue weighted by Gasteiger charge is -2.25. The number of carbonyl (C=O) groups excluding carboxylic acids is 2. The Hall–Kier alpha value is -8.90. The summed E-state index contributed by atoms with van der Waals surface area (Å²) in [7, 11) is 0. The number of aromatic nitrogens is 1. The molecule has 430 valence electrons. The molecule has 1 aromatic heterocycles. The first-order valence-corrected chi connectivity index (χ1v) is 32.3. The Kier molecular flexibility index (Phi) is 14.1. The number of Topliss-reactive ketones (excluding diaryl/α,β-unsaturated/α-hetero) is 1. The third-order valence-electron chi connectivity index (χ3n) is 22.8. The number of ketones is 1. The molecule has 19 rings (SSSR count). The summed E-state index contributed by atoms with van der Waals surface area (Å²) >= 11 is 0. The van der Waals surface area contributed by atoms with Crippen LogP contribution in [0.15, 0.2) is 163 Å². The van der Waals surface area contributed by atoms with Gasteiger partial charge < -0.3 is 11.5 Å². The highest BCUT2D eigenvalue weighted by Crippen LogP contribution is 2.61. The van der Waals surface area contributed by atoms with Gasteiger partial charge in [0.05, 0.1) is 22.5 Å². The molecule has 9 aromatic rings. The number of anilines is 2. The van der Waals surface area contributed by atoms with Crippen LogP contribution in [0.1, 0.15) is 204 Å². The van der Waals surface area contributed by atoms with Crippen molar-refractivity contribution >= 4 is 66.7 Å². The maximum atomic E-state index is 12.0. The molecule has 0 amide bonds. The fourth-order valence-electron chi connectivity index (χ4n) is 19.4. The van der Waals surface area contributed by atoms with Gasteiger partial charge >= 0.3 is 0 Å². The molecule has 87 heavy (non-hydrogen) atoms. The summed E-state index contributed by atoms with van der Waals surface area (Å²) in [6.45, 7) is 0. The lowest BCUT2D eigenvalue weighted by Crippen LogP contribution is -2.19. The second-order valence-corrected chi connectivity index (χ2v) is 26.8. The van der Waals surface area contributed by atoms with Crippen molar-refractivity contribution in [2.24, 2.45) is 23.7 Å². The maximum Gasteiger partial charge on any atom is 0.152 e. The molecule has 0 saturated heterocycles. The van der Waals surface area contributed by atoms with Crippen molar-refractivity contribution in [3.05, 3.63) is 219 Å². The van der Waals surface area contributed by atoms with Gasteiger partial charge in [-0.15, -0.1) is 0 Å². The van der Waals surface area contributed by atoms with E-state index in [4.69, 9.17) is 22.0 Å². The van der Waals surface area contributed by atoms with Gasteiger partial charge in [0.1, 0.15) is 29.6 Å². The average Bonchev–Trinajstić information content (AvgIpc) is 1.82. The van der Waals surface area contributed by atoms with Gasteiger partial charge in [0.15, 0.2) is 6.29 Å². The van der Waals surface area contributed by atoms with Gasteiger partial charge in [-0.2, -0.15) is 15.8 Å². The van der Waals surface area contributed by atoms with E-state index in [1.807, 2.05) is 66.9 Å². The molecule has 2 unspecified atom stereocenters. The number of nitriles is 3. The minimum absolute atomic E-state index is 0.231. The minimum Gasteiger partial charge on any atom is -0.398 e. The van der Waals surface area contributed by atoms with Crippen molar-refractivity contribution in [3.63, 3.8) is 0 Å². The van der Waals surface area contributed by atoms with E-state index in [0.29, 0.717) is 76.0 Å². The van der Waals surface area contributed by atoms with Crippen LogP contribution in [-0.4, -0.2) is 17.1 Å². The number of nitrogens with zero attached hydrogens (tertiary/aromatic N) is 4. The van der Waals surface area contributed by atoms with Crippen LogP contribution in [0.5, 0.6) is 0 Å². The Balaban J connectivity index is 0.0000000919. The van der Waals surface area contributed by atoms with E-state index in [1.54, 1.807) is 11.1 Å². The molecule has 8 nitrogen and oxygen atoms in total. The van der Waals surface area contributed by atoms with Gasteiger partial charge in [0.2, 0.25) is 0 Å². The number of fused-ring (bicyclic) bond motifs is 28. The molecular formula is C79H72N6O2. The van der Waals surface area contributed by atoms with Gasteiger partial charge in [-0.1, -0.05) is 140 Å². The molecule has 7 fully saturated rings. The Bertz CT molecular complexity index is 4350. The van der Waals surface area contributed by atoms with Gasteiger partial charge in [0, 0.05) is 51.1 Å². The third kappa shape index (κ3) is 8.98. The van der Waals surface area contributed by atoms with Gasteiger partial charge in [-0.05, 0) is 222 Å². The molecule has 8 heteroatoms. The quantitative estimate of drug-likeness (QED) is 0.0762. The normalized spacial score (nSPS) is 27.0. The lowest BCUT2D eigenvalue weighted by atomic mass is 9.78. The lowest BCUT2D eigenvalue weighted by molar-refractivity contribution is -0.123. The number of nitrogen functional groups attached to an aromatic ring is 2. The molecule has 8 aromatic carbocycles. The Morgan fingerprint density at radius 2 is 0.839 bits per heavy atom. The van der Waals surface area contributed by atoms with E-state index >= 15 is 0 Å². The molecule has 0 aliphatic heterocycles. The van der Waals surface area contributed by atoms with Gasteiger partial charge in [0.25, 0.3) is 0 Å². The summed E-state index contributed by atoms with van der Waals surface area (Å²) in [4.78, 5) is 28.1. The molecule has 4 N–H and O–H groups in total. The molecule has 1 heterocycles. The highest BCUT2D eigenvalue weighted by molar-refractivity contribution is 6.10. The molecule has 0 spiro atoms. The van der Waals surface area contributed by atoms with Crippen molar-refractivity contribution < 1.29 is 9.59 Å². The first kappa shape index (κ1) is 54.7. The van der Waals surface area contributed by atoms with E-state index in [9.17, 15) is 14.9 Å². The molecule has 10 bridgehead atoms. The summed E-state index contributed by atoms with van der Waals surface area (Å²) in [5, 5.41) is 36.6. The Morgan fingerprint density at radius 3 is 1.38 bits per heavy atom. The van der Waals surface area contributed by atoms with E-state index in [2.05, 4.69) is 108 Å². The highest BCUT2D eigenvalue weighted by atomic mass is 16.1.